The number of carbonyl (C=O) groups is 2. The van der Waals surface area contributed by atoms with E-state index >= 15 is 0 Å². The van der Waals surface area contributed by atoms with Crippen molar-refractivity contribution >= 4 is 17.5 Å². The van der Waals surface area contributed by atoms with Crippen molar-refractivity contribution in [2.24, 2.45) is 5.73 Å². The first-order chi connectivity index (χ1) is 14.6. The molecule has 3 rings (SSSR count). The SMILES string of the molecule is CCOCCOc1ccccc1C(=O)Nc1cccc(CN2CCCC2C(N)=O)c1. The molecule has 0 aromatic heterocycles. The number of nitrogens with zero attached hydrogens (tertiary/aromatic N) is 1. The van der Waals surface area contributed by atoms with Crippen LogP contribution < -0.4 is 15.8 Å². The summed E-state index contributed by atoms with van der Waals surface area (Å²) in [6, 6.07) is 14.6. The molecular weight excluding hydrogens is 382 g/mol. The van der Waals surface area contributed by atoms with Crippen LogP contribution in [0.4, 0.5) is 5.69 Å². The number of benzene rings is 2. The summed E-state index contributed by atoms with van der Waals surface area (Å²) in [7, 11) is 0. The Labute approximate surface area is 177 Å². The van der Waals surface area contributed by atoms with E-state index in [-0.39, 0.29) is 17.9 Å². The number of ether oxygens (including phenoxy) is 2. The van der Waals surface area contributed by atoms with E-state index in [1.807, 2.05) is 37.3 Å². The molecule has 2 aromatic rings. The van der Waals surface area contributed by atoms with Crippen molar-refractivity contribution in [2.75, 3.05) is 31.7 Å². The second kappa shape index (κ2) is 10.8. The first kappa shape index (κ1) is 21.8. The van der Waals surface area contributed by atoms with Gasteiger partial charge in [-0.3, -0.25) is 14.5 Å². The van der Waals surface area contributed by atoms with Crippen molar-refractivity contribution in [2.45, 2.75) is 32.4 Å². The van der Waals surface area contributed by atoms with E-state index in [0.29, 0.717) is 43.4 Å². The summed E-state index contributed by atoms with van der Waals surface area (Å²) in [5, 5.41) is 2.94. The summed E-state index contributed by atoms with van der Waals surface area (Å²) in [6.07, 6.45) is 1.76. The van der Waals surface area contributed by atoms with Crippen LogP contribution >= 0.6 is 0 Å². The molecule has 30 heavy (non-hydrogen) atoms. The highest BCUT2D eigenvalue weighted by atomic mass is 16.5. The number of hydrogen-bond donors (Lipinski definition) is 2. The molecule has 0 radical (unpaired) electrons. The maximum atomic E-state index is 12.8. The number of nitrogens with two attached hydrogens (primary N) is 1. The van der Waals surface area contributed by atoms with E-state index in [2.05, 4.69) is 10.2 Å². The Morgan fingerprint density at radius 1 is 1.17 bits per heavy atom. The fourth-order valence-electron chi connectivity index (χ4n) is 3.65. The molecule has 7 nitrogen and oxygen atoms in total. The van der Waals surface area contributed by atoms with Gasteiger partial charge in [0, 0.05) is 18.8 Å². The topological polar surface area (TPSA) is 93.9 Å². The van der Waals surface area contributed by atoms with Crippen molar-refractivity contribution in [1.29, 1.82) is 0 Å². The van der Waals surface area contributed by atoms with Crippen LogP contribution in [0.1, 0.15) is 35.7 Å². The van der Waals surface area contributed by atoms with Gasteiger partial charge in [0.1, 0.15) is 12.4 Å². The molecule has 160 valence electrons. The Morgan fingerprint density at radius 2 is 2.00 bits per heavy atom. The van der Waals surface area contributed by atoms with Crippen LogP contribution in [0.25, 0.3) is 0 Å². The first-order valence-corrected chi connectivity index (χ1v) is 10.3. The molecule has 7 heteroatoms. The Morgan fingerprint density at radius 3 is 2.80 bits per heavy atom. The van der Waals surface area contributed by atoms with Gasteiger partial charge < -0.3 is 20.5 Å². The van der Waals surface area contributed by atoms with Gasteiger partial charge in [0.15, 0.2) is 0 Å². The molecule has 0 bridgehead atoms. The van der Waals surface area contributed by atoms with Crippen LogP contribution in [0.5, 0.6) is 5.75 Å². The van der Waals surface area contributed by atoms with E-state index in [4.69, 9.17) is 15.2 Å². The van der Waals surface area contributed by atoms with Crippen LogP contribution in [0, 0.1) is 0 Å². The monoisotopic (exact) mass is 411 g/mol. The lowest BCUT2D eigenvalue weighted by Crippen LogP contribution is -2.39. The number of nitrogens with one attached hydrogen (secondary N) is 1. The van der Waals surface area contributed by atoms with E-state index in [0.717, 1.165) is 24.9 Å². The number of anilines is 1. The molecule has 1 aliphatic heterocycles. The van der Waals surface area contributed by atoms with Gasteiger partial charge in [0.05, 0.1) is 18.2 Å². The van der Waals surface area contributed by atoms with E-state index in [9.17, 15) is 9.59 Å². The second-order valence-electron chi connectivity index (χ2n) is 7.23. The van der Waals surface area contributed by atoms with Crippen molar-refractivity contribution in [1.82, 2.24) is 4.90 Å². The maximum Gasteiger partial charge on any atom is 0.259 e. The number of hydrogen-bond acceptors (Lipinski definition) is 5. The maximum absolute atomic E-state index is 12.8. The average molecular weight is 412 g/mol. The minimum absolute atomic E-state index is 0.219. The summed E-state index contributed by atoms with van der Waals surface area (Å²) in [5.74, 6) is 0.000436. The zero-order chi connectivity index (χ0) is 21.3. The fourth-order valence-corrected chi connectivity index (χ4v) is 3.65. The highest BCUT2D eigenvalue weighted by Crippen LogP contribution is 2.23. The molecular formula is C23H29N3O4. The minimum Gasteiger partial charge on any atom is -0.490 e. The molecule has 1 saturated heterocycles. The number of rotatable bonds is 10. The summed E-state index contributed by atoms with van der Waals surface area (Å²) in [5.41, 5.74) is 7.68. The number of amides is 2. The molecule has 0 aliphatic carbocycles. The van der Waals surface area contributed by atoms with Crippen LogP contribution in [-0.2, 0) is 16.1 Å². The summed E-state index contributed by atoms with van der Waals surface area (Å²) in [4.78, 5) is 26.5. The largest absolute Gasteiger partial charge is 0.490 e. The van der Waals surface area contributed by atoms with Crippen LogP contribution in [0.2, 0.25) is 0 Å². The van der Waals surface area contributed by atoms with Gasteiger partial charge in [0.25, 0.3) is 5.91 Å². The Balaban J connectivity index is 1.65. The smallest absolute Gasteiger partial charge is 0.259 e. The van der Waals surface area contributed by atoms with Gasteiger partial charge in [-0.05, 0) is 56.1 Å². The predicted molar refractivity (Wildman–Crippen MR) is 115 cm³/mol. The lowest BCUT2D eigenvalue weighted by atomic mass is 10.1. The predicted octanol–water partition coefficient (Wildman–Crippen LogP) is 2.80. The van der Waals surface area contributed by atoms with Crippen molar-refractivity contribution in [3.63, 3.8) is 0 Å². The van der Waals surface area contributed by atoms with Gasteiger partial charge in [-0.25, -0.2) is 0 Å². The third-order valence-corrected chi connectivity index (χ3v) is 5.08. The highest BCUT2D eigenvalue weighted by molar-refractivity contribution is 6.06. The molecule has 2 aromatic carbocycles. The van der Waals surface area contributed by atoms with Crippen LogP contribution in [0.3, 0.4) is 0 Å². The van der Waals surface area contributed by atoms with Crippen LogP contribution in [0.15, 0.2) is 48.5 Å². The number of para-hydroxylation sites is 1. The minimum atomic E-state index is -0.280. The van der Waals surface area contributed by atoms with Gasteiger partial charge in [-0.1, -0.05) is 24.3 Å². The van der Waals surface area contributed by atoms with Gasteiger partial charge in [0.2, 0.25) is 5.91 Å². The number of carbonyl (C=O) groups excluding carboxylic acids is 2. The zero-order valence-corrected chi connectivity index (χ0v) is 17.3. The van der Waals surface area contributed by atoms with Gasteiger partial charge in [-0.15, -0.1) is 0 Å². The standard InChI is InChI=1S/C23H29N3O4/c1-2-29-13-14-30-21-11-4-3-9-19(21)23(28)25-18-8-5-7-17(15-18)16-26-12-6-10-20(26)22(24)27/h3-5,7-9,11,15,20H,2,6,10,12-14,16H2,1H3,(H2,24,27)(H,25,28). The second-order valence-corrected chi connectivity index (χ2v) is 7.23. The molecule has 1 unspecified atom stereocenters. The van der Waals surface area contributed by atoms with E-state index < -0.39 is 0 Å². The molecule has 0 saturated carbocycles. The Bertz CT molecular complexity index is 871. The van der Waals surface area contributed by atoms with E-state index in [1.54, 1.807) is 18.2 Å². The molecule has 1 fully saturated rings. The van der Waals surface area contributed by atoms with Crippen molar-refractivity contribution < 1.29 is 19.1 Å². The quantitative estimate of drug-likeness (QED) is 0.587. The third-order valence-electron chi connectivity index (χ3n) is 5.08. The van der Waals surface area contributed by atoms with Crippen molar-refractivity contribution in [3.8, 4) is 5.75 Å². The van der Waals surface area contributed by atoms with Crippen molar-refractivity contribution in [3.05, 3.63) is 59.7 Å². The number of primary amides is 1. The van der Waals surface area contributed by atoms with Gasteiger partial charge in [-0.2, -0.15) is 0 Å². The van der Waals surface area contributed by atoms with Gasteiger partial charge >= 0.3 is 0 Å². The molecule has 2 amide bonds. The molecule has 0 spiro atoms. The molecule has 1 aliphatic rings. The first-order valence-electron chi connectivity index (χ1n) is 10.3. The summed E-state index contributed by atoms with van der Waals surface area (Å²) in [6.45, 7) is 4.86. The highest BCUT2D eigenvalue weighted by Gasteiger charge is 2.28. The zero-order valence-electron chi connectivity index (χ0n) is 17.3. The number of likely N-dealkylation sites (tertiary alicyclic amines) is 1. The fraction of sp³-hybridized carbons (Fsp3) is 0.391. The third kappa shape index (κ3) is 5.81. The van der Waals surface area contributed by atoms with E-state index in [1.165, 1.54) is 0 Å². The lowest BCUT2D eigenvalue weighted by molar-refractivity contribution is -0.122. The molecule has 1 heterocycles. The summed E-state index contributed by atoms with van der Waals surface area (Å²) >= 11 is 0. The Kier molecular flexibility index (Phi) is 7.82. The Hall–Kier alpha value is -2.90. The van der Waals surface area contributed by atoms with Crippen LogP contribution in [-0.4, -0.2) is 49.1 Å². The average Bonchev–Trinajstić information content (AvgIpc) is 3.20. The normalized spacial score (nSPS) is 16.4. The molecule has 3 N–H and O–H groups in total. The lowest BCUT2D eigenvalue weighted by Gasteiger charge is -2.22. The summed E-state index contributed by atoms with van der Waals surface area (Å²) < 4.78 is 11.0. The molecule has 1 atom stereocenters.